The van der Waals surface area contributed by atoms with Crippen LogP contribution in [0.1, 0.15) is 33.3 Å². The molecule has 0 heterocycles. The maximum atomic E-state index is 14.6. The van der Waals surface area contributed by atoms with Crippen LogP contribution in [0.2, 0.25) is 0 Å². The zero-order valence-corrected chi connectivity index (χ0v) is 25.2. The number of halogens is 2. The Bertz CT molecular complexity index is 1420. The van der Waals surface area contributed by atoms with Gasteiger partial charge in [0.25, 0.3) is 10.0 Å². The number of nitrogens with zero attached hydrogens (tertiary/aromatic N) is 2. The van der Waals surface area contributed by atoms with E-state index in [0.29, 0.717) is 16.8 Å². The summed E-state index contributed by atoms with van der Waals surface area (Å²) in [5.74, 6) is -1.12. The van der Waals surface area contributed by atoms with Crippen molar-refractivity contribution in [2.24, 2.45) is 0 Å². The molecule has 2 amide bonds. The molecule has 0 aromatic heterocycles. The number of carbonyl (C=O) groups is 2. The second kappa shape index (κ2) is 13.8. The predicted octanol–water partition coefficient (Wildman–Crippen LogP) is 5.12. The predicted molar refractivity (Wildman–Crippen MR) is 156 cm³/mol. The first-order chi connectivity index (χ1) is 18.9. The highest BCUT2D eigenvalue weighted by atomic mass is 79.9. The van der Waals surface area contributed by atoms with E-state index in [1.54, 1.807) is 56.3 Å². The van der Waals surface area contributed by atoms with Crippen LogP contribution in [0.3, 0.4) is 0 Å². The van der Waals surface area contributed by atoms with Gasteiger partial charge < -0.3 is 15.0 Å². The van der Waals surface area contributed by atoms with Gasteiger partial charge in [-0.2, -0.15) is 0 Å². The standard InChI is InChI=1S/C29H33BrFN3O5S/c1-5-39-25-14-12-24(13-15-25)34(40(37,38)26-16-10-23(30)11-17-26)19-28(35)33(21(4)29(36)32-20(2)3)18-22-8-6-7-9-27(22)31/h6-17,20-21H,5,18-19H2,1-4H3,(H,32,36)/t21-/m1/s1. The number of hydrogen-bond acceptors (Lipinski definition) is 5. The molecule has 0 saturated heterocycles. The van der Waals surface area contributed by atoms with Gasteiger partial charge in [0.05, 0.1) is 17.2 Å². The molecule has 1 N–H and O–H groups in total. The van der Waals surface area contributed by atoms with Crippen molar-refractivity contribution in [1.82, 2.24) is 10.2 Å². The van der Waals surface area contributed by atoms with Crippen LogP contribution in [0.5, 0.6) is 5.75 Å². The molecule has 3 aromatic rings. The first-order valence-corrected chi connectivity index (χ1v) is 15.0. The van der Waals surface area contributed by atoms with Crippen LogP contribution in [0.25, 0.3) is 0 Å². The number of nitrogens with one attached hydrogen (secondary N) is 1. The SMILES string of the molecule is CCOc1ccc(N(CC(=O)N(Cc2ccccc2F)[C@H](C)C(=O)NC(C)C)S(=O)(=O)c2ccc(Br)cc2)cc1. The molecule has 0 radical (unpaired) electrons. The zero-order chi connectivity index (χ0) is 29.4. The molecule has 0 fully saturated rings. The Hall–Kier alpha value is -3.44. The van der Waals surface area contributed by atoms with Crippen molar-refractivity contribution >= 4 is 43.5 Å². The highest BCUT2D eigenvalue weighted by Gasteiger charge is 2.33. The second-order valence-corrected chi connectivity index (χ2v) is 12.1. The van der Waals surface area contributed by atoms with Crippen molar-refractivity contribution < 1.29 is 27.1 Å². The molecule has 1 atom stereocenters. The molecule has 0 spiro atoms. The van der Waals surface area contributed by atoms with Crippen molar-refractivity contribution in [3.05, 3.63) is 88.6 Å². The molecule has 0 saturated carbocycles. The monoisotopic (exact) mass is 633 g/mol. The Morgan fingerprint density at radius 2 is 1.60 bits per heavy atom. The van der Waals surface area contributed by atoms with Gasteiger partial charge in [0.15, 0.2) is 0 Å². The number of amides is 2. The molecular weight excluding hydrogens is 601 g/mol. The second-order valence-electron chi connectivity index (χ2n) is 9.34. The van der Waals surface area contributed by atoms with Crippen molar-refractivity contribution in [3.63, 3.8) is 0 Å². The lowest BCUT2D eigenvalue weighted by Gasteiger charge is -2.32. The van der Waals surface area contributed by atoms with Crippen LogP contribution >= 0.6 is 15.9 Å². The lowest BCUT2D eigenvalue weighted by Crippen LogP contribution is -2.52. The van der Waals surface area contributed by atoms with Crippen molar-refractivity contribution in [2.75, 3.05) is 17.5 Å². The van der Waals surface area contributed by atoms with Crippen molar-refractivity contribution in [1.29, 1.82) is 0 Å². The molecule has 0 bridgehead atoms. The maximum Gasteiger partial charge on any atom is 0.264 e. The Balaban J connectivity index is 2.04. The average Bonchev–Trinajstić information content (AvgIpc) is 2.91. The van der Waals surface area contributed by atoms with Gasteiger partial charge in [-0.25, -0.2) is 12.8 Å². The molecule has 11 heteroatoms. The summed E-state index contributed by atoms with van der Waals surface area (Å²) in [6, 6.07) is 17.1. The lowest BCUT2D eigenvalue weighted by molar-refractivity contribution is -0.139. The minimum Gasteiger partial charge on any atom is -0.494 e. The number of rotatable bonds is 12. The summed E-state index contributed by atoms with van der Waals surface area (Å²) in [5.41, 5.74) is 0.424. The van der Waals surface area contributed by atoms with E-state index in [4.69, 9.17) is 4.74 Å². The number of carbonyl (C=O) groups excluding carboxylic acids is 2. The van der Waals surface area contributed by atoms with Gasteiger partial charge in [-0.15, -0.1) is 0 Å². The number of benzene rings is 3. The maximum absolute atomic E-state index is 14.6. The third-order valence-corrected chi connectivity index (χ3v) is 8.33. The number of ether oxygens (including phenoxy) is 1. The summed E-state index contributed by atoms with van der Waals surface area (Å²) in [5, 5.41) is 2.77. The zero-order valence-electron chi connectivity index (χ0n) is 22.8. The van der Waals surface area contributed by atoms with E-state index < -0.39 is 40.2 Å². The Labute approximate surface area is 243 Å². The average molecular weight is 635 g/mol. The molecule has 0 aliphatic heterocycles. The van der Waals surface area contributed by atoms with Gasteiger partial charge in [0, 0.05) is 22.6 Å². The quantitative estimate of drug-likeness (QED) is 0.299. The minimum absolute atomic E-state index is 0.0244. The number of sulfonamides is 1. The van der Waals surface area contributed by atoms with E-state index in [0.717, 1.165) is 4.31 Å². The molecule has 8 nitrogen and oxygen atoms in total. The van der Waals surface area contributed by atoms with Crippen molar-refractivity contribution in [3.8, 4) is 5.75 Å². The summed E-state index contributed by atoms with van der Waals surface area (Å²) in [4.78, 5) is 28.0. The van der Waals surface area contributed by atoms with E-state index in [9.17, 15) is 22.4 Å². The van der Waals surface area contributed by atoms with Crippen LogP contribution in [-0.4, -0.2) is 50.4 Å². The van der Waals surface area contributed by atoms with Crippen LogP contribution in [0.15, 0.2) is 82.2 Å². The first-order valence-electron chi connectivity index (χ1n) is 12.8. The fraction of sp³-hybridized carbons (Fsp3) is 0.310. The van der Waals surface area contributed by atoms with Gasteiger partial charge in [-0.1, -0.05) is 34.1 Å². The molecular formula is C29H33BrFN3O5S. The molecule has 0 aliphatic rings. The highest BCUT2D eigenvalue weighted by Crippen LogP contribution is 2.27. The number of hydrogen-bond donors (Lipinski definition) is 1. The summed E-state index contributed by atoms with van der Waals surface area (Å²) < 4.78 is 49.4. The molecule has 3 rings (SSSR count). The van der Waals surface area contributed by atoms with Gasteiger partial charge >= 0.3 is 0 Å². The number of anilines is 1. The smallest absolute Gasteiger partial charge is 0.264 e. The highest BCUT2D eigenvalue weighted by molar-refractivity contribution is 9.10. The van der Waals surface area contributed by atoms with E-state index >= 15 is 0 Å². The Kier molecular flexibility index (Phi) is 10.7. The van der Waals surface area contributed by atoms with Crippen LogP contribution in [0, 0.1) is 5.82 Å². The van der Waals surface area contributed by atoms with Gasteiger partial charge in [-0.3, -0.25) is 13.9 Å². The summed E-state index contributed by atoms with van der Waals surface area (Å²) >= 11 is 3.31. The van der Waals surface area contributed by atoms with E-state index in [1.165, 1.54) is 42.2 Å². The van der Waals surface area contributed by atoms with E-state index in [1.807, 2.05) is 6.92 Å². The third-order valence-electron chi connectivity index (χ3n) is 6.01. The van der Waals surface area contributed by atoms with Gasteiger partial charge in [0.1, 0.15) is 24.2 Å². The summed E-state index contributed by atoms with van der Waals surface area (Å²) in [6.07, 6.45) is 0. The Morgan fingerprint density at radius 1 is 0.975 bits per heavy atom. The molecule has 3 aromatic carbocycles. The van der Waals surface area contributed by atoms with Crippen LogP contribution in [-0.2, 0) is 26.2 Å². The van der Waals surface area contributed by atoms with Gasteiger partial charge in [-0.05, 0) is 82.3 Å². The largest absolute Gasteiger partial charge is 0.494 e. The summed E-state index contributed by atoms with van der Waals surface area (Å²) in [6.45, 7) is 6.50. The molecule has 40 heavy (non-hydrogen) atoms. The fourth-order valence-corrected chi connectivity index (χ4v) is 5.61. The van der Waals surface area contributed by atoms with Gasteiger partial charge in [0.2, 0.25) is 11.8 Å². The summed E-state index contributed by atoms with van der Waals surface area (Å²) in [7, 11) is -4.22. The Morgan fingerprint density at radius 3 is 2.17 bits per heavy atom. The fourth-order valence-electron chi connectivity index (χ4n) is 3.94. The normalized spacial score (nSPS) is 12.1. The molecule has 214 valence electrons. The molecule has 0 aliphatic carbocycles. The van der Waals surface area contributed by atoms with Crippen LogP contribution < -0.4 is 14.4 Å². The third kappa shape index (κ3) is 7.82. The first kappa shape index (κ1) is 31.1. The topological polar surface area (TPSA) is 96.0 Å². The molecule has 0 unspecified atom stereocenters. The van der Waals surface area contributed by atoms with E-state index in [2.05, 4.69) is 21.2 Å². The van der Waals surface area contributed by atoms with E-state index in [-0.39, 0.29) is 28.7 Å². The lowest BCUT2D eigenvalue weighted by atomic mass is 10.1. The van der Waals surface area contributed by atoms with Crippen LogP contribution in [0.4, 0.5) is 10.1 Å². The van der Waals surface area contributed by atoms with Crippen molar-refractivity contribution in [2.45, 2.75) is 51.2 Å². The minimum atomic E-state index is -4.22.